The second kappa shape index (κ2) is 3.79. The predicted molar refractivity (Wildman–Crippen MR) is 42.4 cm³/mol. The number of rotatable bonds is 3. The van der Waals surface area contributed by atoms with Crippen LogP contribution in [-0.4, -0.2) is 10.5 Å². The third-order valence-electron chi connectivity index (χ3n) is 1.37. The number of nitrogens with zero attached hydrogens (tertiary/aromatic N) is 1. The maximum atomic E-state index is 8.65. The molecular weight excluding hydrogens is 130 g/mol. The second-order valence-electron chi connectivity index (χ2n) is 2.13. The molecule has 0 spiro atoms. The fourth-order valence-electron chi connectivity index (χ4n) is 0.532. The first-order valence-electron chi connectivity index (χ1n) is 3.23. The van der Waals surface area contributed by atoms with E-state index in [1.54, 1.807) is 11.8 Å². The molecule has 1 unspecified atom stereocenters. The van der Waals surface area contributed by atoms with Crippen LogP contribution in [0.1, 0.15) is 27.2 Å². The molecule has 0 heterocycles. The zero-order valence-corrected chi connectivity index (χ0v) is 7.09. The standard InChI is InChI=1S/C7H13NS/c1-4-7(3,6-8)9-5-2/h4-5H2,1-3H3. The Morgan fingerprint density at radius 2 is 2.11 bits per heavy atom. The summed E-state index contributed by atoms with van der Waals surface area (Å²) in [5.74, 6) is 1.03. The lowest BCUT2D eigenvalue weighted by molar-refractivity contribution is 0.769. The van der Waals surface area contributed by atoms with Gasteiger partial charge in [0.25, 0.3) is 0 Å². The Kier molecular flexibility index (Phi) is 3.72. The highest BCUT2D eigenvalue weighted by Gasteiger charge is 2.19. The van der Waals surface area contributed by atoms with Gasteiger partial charge in [0.15, 0.2) is 0 Å². The molecule has 2 heteroatoms. The summed E-state index contributed by atoms with van der Waals surface area (Å²) in [6.07, 6.45) is 0.933. The van der Waals surface area contributed by atoms with Gasteiger partial charge in [0.05, 0.1) is 10.8 Å². The normalized spacial score (nSPS) is 16.2. The van der Waals surface area contributed by atoms with Crippen molar-refractivity contribution in [3.8, 4) is 6.07 Å². The summed E-state index contributed by atoms with van der Waals surface area (Å²) in [6, 6.07) is 2.29. The largest absolute Gasteiger partial charge is 0.197 e. The molecule has 0 N–H and O–H groups in total. The Morgan fingerprint density at radius 1 is 1.56 bits per heavy atom. The Bertz CT molecular complexity index is 117. The summed E-state index contributed by atoms with van der Waals surface area (Å²) < 4.78 is -0.144. The Hall–Kier alpha value is -0.160. The molecule has 0 aliphatic carbocycles. The van der Waals surface area contributed by atoms with Crippen LogP contribution in [0.4, 0.5) is 0 Å². The molecule has 0 saturated carbocycles. The van der Waals surface area contributed by atoms with Crippen molar-refractivity contribution >= 4 is 11.8 Å². The minimum atomic E-state index is -0.144. The zero-order valence-electron chi connectivity index (χ0n) is 6.27. The monoisotopic (exact) mass is 143 g/mol. The number of thioether (sulfide) groups is 1. The average molecular weight is 143 g/mol. The SMILES string of the molecule is CCSC(C)(C#N)CC. The van der Waals surface area contributed by atoms with Crippen molar-refractivity contribution in [3.63, 3.8) is 0 Å². The summed E-state index contributed by atoms with van der Waals surface area (Å²) in [7, 11) is 0. The van der Waals surface area contributed by atoms with Crippen LogP contribution in [0.3, 0.4) is 0 Å². The first-order valence-corrected chi connectivity index (χ1v) is 4.22. The van der Waals surface area contributed by atoms with E-state index >= 15 is 0 Å². The van der Waals surface area contributed by atoms with E-state index in [1.807, 2.05) is 13.8 Å². The van der Waals surface area contributed by atoms with E-state index in [-0.39, 0.29) is 4.75 Å². The maximum Gasteiger partial charge on any atom is 0.0992 e. The molecule has 0 aromatic rings. The van der Waals surface area contributed by atoms with E-state index in [0.717, 1.165) is 12.2 Å². The van der Waals surface area contributed by atoms with Crippen molar-refractivity contribution in [1.29, 1.82) is 5.26 Å². The van der Waals surface area contributed by atoms with Crippen molar-refractivity contribution in [1.82, 2.24) is 0 Å². The first kappa shape index (κ1) is 8.84. The van der Waals surface area contributed by atoms with Gasteiger partial charge in [-0.05, 0) is 19.1 Å². The van der Waals surface area contributed by atoms with Crippen LogP contribution in [0, 0.1) is 11.3 Å². The van der Waals surface area contributed by atoms with E-state index in [1.165, 1.54) is 0 Å². The Labute approximate surface area is 61.4 Å². The highest BCUT2D eigenvalue weighted by Crippen LogP contribution is 2.26. The van der Waals surface area contributed by atoms with Gasteiger partial charge in [0.2, 0.25) is 0 Å². The summed E-state index contributed by atoms with van der Waals surface area (Å²) in [5.41, 5.74) is 0. The van der Waals surface area contributed by atoms with E-state index < -0.39 is 0 Å². The molecule has 0 aliphatic rings. The van der Waals surface area contributed by atoms with Crippen LogP contribution in [0.15, 0.2) is 0 Å². The zero-order chi connectivity index (χ0) is 7.33. The summed E-state index contributed by atoms with van der Waals surface area (Å²) >= 11 is 1.72. The van der Waals surface area contributed by atoms with Crippen LogP contribution >= 0.6 is 11.8 Å². The van der Waals surface area contributed by atoms with E-state index in [4.69, 9.17) is 5.26 Å². The number of hydrogen-bond acceptors (Lipinski definition) is 2. The average Bonchev–Trinajstić information content (AvgIpc) is 1.89. The quantitative estimate of drug-likeness (QED) is 0.606. The lowest BCUT2D eigenvalue weighted by Gasteiger charge is -2.16. The third kappa shape index (κ3) is 2.76. The van der Waals surface area contributed by atoms with Crippen molar-refractivity contribution < 1.29 is 0 Å². The van der Waals surface area contributed by atoms with E-state index in [9.17, 15) is 0 Å². The van der Waals surface area contributed by atoms with Crippen LogP contribution in [0.2, 0.25) is 0 Å². The minimum absolute atomic E-state index is 0.144. The molecule has 0 bridgehead atoms. The second-order valence-corrected chi connectivity index (χ2v) is 3.90. The van der Waals surface area contributed by atoms with Gasteiger partial charge >= 0.3 is 0 Å². The lowest BCUT2D eigenvalue weighted by Crippen LogP contribution is -2.15. The molecule has 52 valence electrons. The Morgan fingerprint density at radius 3 is 2.22 bits per heavy atom. The van der Waals surface area contributed by atoms with Crippen molar-refractivity contribution in [2.45, 2.75) is 31.9 Å². The van der Waals surface area contributed by atoms with Crippen LogP contribution < -0.4 is 0 Å². The Balaban J connectivity index is 3.81. The van der Waals surface area contributed by atoms with Crippen molar-refractivity contribution in [2.75, 3.05) is 5.75 Å². The molecule has 0 aliphatic heterocycles. The molecule has 0 amide bonds. The highest BCUT2D eigenvalue weighted by atomic mass is 32.2. The molecule has 0 aromatic heterocycles. The van der Waals surface area contributed by atoms with Crippen LogP contribution in [0.5, 0.6) is 0 Å². The summed E-state index contributed by atoms with van der Waals surface area (Å²) in [6.45, 7) is 6.11. The molecular formula is C7H13NS. The van der Waals surface area contributed by atoms with E-state index in [0.29, 0.717) is 0 Å². The lowest BCUT2D eigenvalue weighted by atomic mass is 10.1. The smallest absolute Gasteiger partial charge is 0.0992 e. The predicted octanol–water partition coefficient (Wildman–Crippen LogP) is 2.43. The van der Waals surface area contributed by atoms with Crippen LogP contribution in [-0.2, 0) is 0 Å². The highest BCUT2D eigenvalue weighted by molar-refractivity contribution is 8.00. The van der Waals surface area contributed by atoms with Gasteiger partial charge < -0.3 is 0 Å². The van der Waals surface area contributed by atoms with Gasteiger partial charge in [-0.25, -0.2) is 0 Å². The van der Waals surface area contributed by atoms with Crippen LogP contribution in [0.25, 0.3) is 0 Å². The molecule has 0 rings (SSSR count). The first-order chi connectivity index (χ1) is 4.18. The van der Waals surface area contributed by atoms with Crippen molar-refractivity contribution in [2.24, 2.45) is 0 Å². The third-order valence-corrected chi connectivity index (χ3v) is 2.68. The van der Waals surface area contributed by atoms with Gasteiger partial charge in [-0.3, -0.25) is 0 Å². The fourth-order valence-corrected chi connectivity index (χ4v) is 1.44. The maximum absolute atomic E-state index is 8.65. The molecule has 1 nitrogen and oxygen atoms in total. The summed E-state index contributed by atoms with van der Waals surface area (Å²) in [5, 5.41) is 8.65. The number of nitriles is 1. The molecule has 1 atom stereocenters. The molecule has 9 heavy (non-hydrogen) atoms. The summed E-state index contributed by atoms with van der Waals surface area (Å²) in [4.78, 5) is 0. The van der Waals surface area contributed by atoms with Gasteiger partial charge in [-0.2, -0.15) is 5.26 Å². The fraction of sp³-hybridized carbons (Fsp3) is 0.857. The number of hydrogen-bond donors (Lipinski definition) is 0. The molecule has 0 radical (unpaired) electrons. The molecule has 0 fully saturated rings. The van der Waals surface area contributed by atoms with Gasteiger partial charge in [0, 0.05) is 0 Å². The van der Waals surface area contributed by atoms with Gasteiger partial charge in [-0.15, -0.1) is 11.8 Å². The van der Waals surface area contributed by atoms with E-state index in [2.05, 4.69) is 13.0 Å². The van der Waals surface area contributed by atoms with Gasteiger partial charge in [0.1, 0.15) is 0 Å². The minimum Gasteiger partial charge on any atom is -0.197 e. The topological polar surface area (TPSA) is 23.8 Å². The molecule has 0 saturated heterocycles. The van der Waals surface area contributed by atoms with Crippen molar-refractivity contribution in [3.05, 3.63) is 0 Å². The molecule has 0 aromatic carbocycles. The van der Waals surface area contributed by atoms with Gasteiger partial charge in [-0.1, -0.05) is 13.8 Å².